The lowest BCUT2D eigenvalue weighted by molar-refractivity contribution is 0.0524. The Kier molecular flexibility index (Phi) is 4.25. The Bertz CT molecular complexity index is 1180. The molecule has 4 aromatic rings. The largest absolute Gasteiger partial charge is 0.462 e. The fraction of sp³-hybridized carbons (Fsp3) is 0.100. The van der Waals surface area contributed by atoms with Gasteiger partial charge in [0.05, 0.1) is 23.4 Å². The summed E-state index contributed by atoms with van der Waals surface area (Å²) in [6.45, 7) is 1.87. The zero-order chi connectivity index (χ0) is 18.8. The van der Waals surface area contributed by atoms with E-state index in [1.165, 1.54) is 6.07 Å². The Hall–Kier alpha value is -3.74. The highest BCUT2D eigenvalue weighted by Crippen LogP contribution is 2.33. The first kappa shape index (κ1) is 16.7. The zero-order valence-electron chi connectivity index (χ0n) is 14.5. The van der Waals surface area contributed by atoms with Crippen molar-refractivity contribution < 1.29 is 9.53 Å². The Morgan fingerprint density at radius 2 is 1.93 bits per heavy atom. The number of rotatable bonds is 4. The SMILES string of the molecule is CCOC(=O)c1cc(-c2c(-c3ccccc3)nn3ccccc23)n[nH]c1=O. The third kappa shape index (κ3) is 2.99. The van der Waals surface area contributed by atoms with Crippen LogP contribution < -0.4 is 5.56 Å². The number of ether oxygens (including phenoxy) is 1. The molecule has 0 aliphatic rings. The van der Waals surface area contributed by atoms with Gasteiger partial charge in [-0.2, -0.15) is 10.2 Å². The average Bonchev–Trinajstić information content (AvgIpc) is 3.09. The summed E-state index contributed by atoms with van der Waals surface area (Å²) in [6.07, 6.45) is 1.84. The maximum absolute atomic E-state index is 12.1. The summed E-state index contributed by atoms with van der Waals surface area (Å²) < 4.78 is 6.72. The van der Waals surface area contributed by atoms with Gasteiger partial charge in [-0.15, -0.1) is 0 Å². The molecule has 3 heterocycles. The molecule has 7 heteroatoms. The molecule has 4 rings (SSSR count). The van der Waals surface area contributed by atoms with Gasteiger partial charge in [0.25, 0.3) is 5.56 Å². The normalized spacial score (nSPS) is 10.9. The number of nitrogens with one attached hydrogen (secondary N) is 1. The summed E-state index contributed by atoms with van der Waals surface area (Å²) in [5.74, 6) is -0.680. The van der Waals surface area contributed by atoms with E-state index in [1.807, 2.05) is 54.7 Å². The van der Waals surface area contributed by atoms with Gasteiger partial charge in [-0.05, 0) is 25.1 Å². The molecule has 0 amide bonds. The van der Waals surface area contributed by atoms with E-state index < -0.39 is 11.5 Å². The summed E-state index contributed by atoms with van der Waals surface area (Å²) >= 11 is 0. The molecule has 27 heavy (non-hydrogen) atoms. The van der Waals surface area contributed by atoms with Crippen molar-refractivity contribution in [3.63, 3.8) is 0 Å². The fourth-order valence-electron chi connectivity index (χ4n) is 2.94. The molecule has 3 aromatic heterocycles. The molecule has 134 valence electrons. The van der Waals surface area contributed by atoms with Crippen LogP contribution in [0, 0.1) is 0 Å². The highest BCUT2D eigenvalue weighted by molar-refractivity contribution is 5.94. The predicted octanol–water partition coefficient (Wildman–Crippen LogP) is 2.93. The van der Waals surface area contributed by atoms with Crippen molar-refractivity contribution in [2.75, 3.05) is 6.61 Å². The number of esters is 1. The zero-order valence-corrected chi connectivity index (χ0v) is 14.5. The van der Waals surface area contributed by atoms with Crippen LogP contribution in [0.5, 0.6) is 0 Å². The number of carbonyl (C=O) groups excluding carboxylic acids is 1. The Morgan fingerprint density at radius 1 is 1.15 bits per heavy atom. The van der Waals surface area contributed by atoms with Gasteiger partial charge in [-0.3, -0.25) is 4.79 Å². The first-order valence-corrected chi connectivity index (χ1v) is 8.49. The molecule has 0 aliphatic heterocycles. The minimum atomic E-state index is -0.680. The van der Waals surface area contributed by atoms with E-state index in [4.69, 9.17) is 4.74 Å². The average molecular weight is 360 g/mol. The molecule has 0 bridgehead atoms. The molecule has 1 aromatic carbocycles. The second-order valence-corrected chi connectivity index (χ2v) is 5.84. The van der Waals surface area contributed by atoms with Gasteiger partial charge in [-0.1, -0.05) is 36.4 Å². The topological polar surface area (TPSA) is 89.3 Å². The van der Waals surface area contributed by atoms with Crippen LogP contribution >= 0.6 is 0 Å². The summed E-state index contributed by atoms with van der Waals surface area (Å²) in [7, 11) is 0. The van der Waals surface area contributed by atoms with Crippen molar-refractivity contribution in [1.82, 2.24) is 19.8 Å². The van der Waals surface area contributed by atoms with Crippen LogP contribution in [0.2, 0.25) is 0 Å². The molecule has 0 unspecified atom stereocenters. The van der Waals surface area contributed by atoms with Crippen molar-refractivity contribution in [3.8, 4) is 22.5 Å². The van der Waals surface area contributed by atoms with Gasteiger partial charge in [0.15, 0.2) is 0 Å². The van der Waals surface area contributed by atoms with Gasteiger partial charge in [0.2, 0.25) is 0 Å². The Morgan fingerprint density at radius 3 is 2.70 bits per heavy atom. The number of hydrogen-bond donors (Lipinski definition) is 1. The van der Waals surface area contributed by atoms with Crippen LogP contribution in [-0.4, -0.2) is 32.4 Å². The molecule has 0 radical (unpaired) electrons. The number of fused-ring (bicyclic) bond motifs is 1. The number of H-pyrrole nitrogens is 1. The molecule has 7 nitrogen and oxygen atoms in total. The number of aromatic amines is 1. The van der Waals surface area contributed by atoms with E-state index in [2.05, 4.69) is 15.3 Å². The maximum Gasteiger partial charge on any atom is 0.343 e. The molecule has 0 aliphatic carbocycles. The Balaban J connectivity index is 1.98. The molecule has 0 fully saturated rings. The molecular weight excluding hydrogens is 344 g/mol. The minimum absolute atomic E-state index is 0.0869. The van der Waals surface area contributed by atoms with Crippen LogP contribution in [0.25, 0.3) is 28.0 Å². The minimum Gasteiger partial charge on any atom is -0.462 e. The van der Waals surface area contributed by atoms with Gasteiger partial charge < -0.3 is 4.74 Å². The van der Waals surface area contributed by atoms with Crippen molar-refractivity contribution in [2.45, 2.75) is 6.92 Å². The highest BCUT2D eigenvalue weighted by atomic mass is 16.5. The van der Waals surface area contributed by atoms with Crippen molar-refractivity contribution >= 4 is 11.5 Å². The quantitative estimate of drug-likeness (QED) is 0.565. The maximum atomic E-state index is 12.1. The van der Waals surface area contributed by atoms with Crippen LogP contribution in [0.4, 0.5) is 0 Å². The molecule has 1 N–H and O–H groups in total. The number of carbonyl (C=O) groups is 1. The first-order chi connectivity index (χ1) is 13.2. The predicted molar refractivity (Wildman–Crippen MR) is 100 cm³/mol. The van der Waals surface area contributed by atoms with E-state index in [-0.39, 0.29) is 12.2 Å². The summed E-state index contributed by atoms with van der Waals surface area (Å²) in [5, 5.41) is 11.2. The van der Waals surface area contributed by atoms with Gasteiger partial charge in [-0.25, -0.2) is 14.4 Å². The fourth-order valence-corrected chi connectivity index (χ4v) is 2.94. The number of aromatic nitrogens is 4. The van der Waals surface area contributed by atoms with E-state index in [9.17, 15) is 9.59 Å². The summed E-state index contributed by atoms with van der Waals surface area (Å²) in [6, 6.07) is 16.8. The molecular formula is C20H16N4O3. The first-order valence-electron chi connectivity index (χ1n) is 8.49. The van der Waals surface area contributed by atoms with Crippen LogP contribution in [0.3, 0.4) is 0 Å². The standard InChI is InChI=1S/C20H16N4O3/c1-2-27-20(26)14-12-15(21-22-19(14)25)17-16-10-6-7-11-24(16)23-18(17)13-8-4-3-5-9-13/h3-12H,2H2,1H3,(H,22,25). The third-order valence-electron chi connectivity index (χ3n) is 4.14. The lowest BCUT2D eigenvalue weighted by Gasteiger charge is -2.05. The van der Waals surface area contributed by atoms with E-state index in [0.29, 0.717) is 11.4 Å². The molecule has 0 saturated heterocycles. The lowest BCUT2D eigenvalue weighted by Crippen LogP contribution is -2.21. The number of benzene rings is 1. The summed E-state index contributed by atoms with van der Waals surface area (Å²) in [4.78, 5) is 24.2. The van der Waals surface area contributed by atoms with Gasteiger partial charge >= 0.3 is 5.97 Å². The second-order valence-electron chi connectivity index (χ2n) is 5.84. The lowest BCUT2D eigenvalue weighted by atomic mass is 10.0. The monoisotopic (exact) mass is 360 g/mol. The summed E-state index contributed by atoms with van der Waals surface area (Å²) in [5.41, 5.74) is 2.91. The van der Waals surface area contributed by atoms with Crippen LogP contribution in [-0.2, 0) is 4.74 Å². The molecule has 0 saturated carbocycles. The number of hydrogen-bond acceptors (Lipinski definition) is 5. The van der Waals surface area contributed by atoms with Crippen molar-refractivity contribution in [2.24, 2.45) is 0 Å². The number of nitrogens with zero attached hydrogens (tertiary/aromatic N) is 3. The van der Waals surface area contributed by atoms with Gasteiger partial charge in [0, 0.05) is 11.8 Å². The van der Waals surface area contributed by atoms with Crippen molar-refractivity contribution in [1.29, 1.82) is 0 Å². The molecule has 0 spiro atoms. The highest BCUT2D eigenvalue weighted by Gasteiger charge is 2.20. The van der Waals surface area contributed by atoms with Gasteiger partial charge in [0.1, 0.15) is 11.3 Å². The Labute approximate surface area is 154 Å². The molecule has 0 atom stereocenters. The van der Waals surface area contributed by atoms with Crippen LogP contribution in [0.15, 0.2) is 65.6 Å². The van der Waals surface area contributed by atoms with E-state index in [1.54, 1.807) is 11.4 Å². The van der Waals surface area contributed by atoms with E-state index in [0.717, 1.165) is 16.6 Å². The third-order valence-corrected chi connectivity index (χ3v) is 4.14. The van der Waals surface area contributed by atoms with Crippen LogP contribution in [0.1, 0.15) is 17.3 Å². The van der Waals surface area contributed by atoms with E-state index >= 15 is 0 Å². The second kappa shape index (κ2) is 6.87. The van der Waals surface area contributed by atoms with Crippen molar-refractivity contribution in [3.05, 3.63) is 76.7 Å². The smallest absolute Gasteiger partial charge is 0.343 e. The number of pyridine rings is 1.